The number of rotatable bonds is 4. The van der Waals surface area contributed by atoms with Gasteiger partial charge in [-0.15, -0.1) is 11.3 Å². The van der Waals surface area contributed by atoms with Crippen molar-refractivity contribution in [2.45, 2.75) is 52.9 Å². The minimum absolute atomic E-state index is 0.166. The molecule has 1 heterocycles. The fraction of sp³-hybridized carbons (Fsp3) is 0.591. The van der Waals surface area contributed by atoms with Gasteiger partial charge in [-0.05, 0) is 49.0 Å². The van der Waals surface area contributed by atoms with Crippen LogP contribution in [0, 0.1) is 23.2 Å². The first-order valence-corrected chi connectivity index (χ1v) is 10.9. The third-order valence-corrected chi connectivity index (χ3v) is 7.37. The van der Waals surface area contributed by atoms with Crippen LogP contribution in [0.1, 0.15) is 60.8 Å². The number of carboxylic acid groups (broad SMARTS) is 1. The Morgan fingerprint density at radius 3 is 2.41 bits per heavy atom. The maximum atomic E-state index is 12.9. The van der Waals surface area contributed by atoms with E-state index in [4.69, 9.17) is 4.74 Å². The second-order valence-corrected chi connectivity index (χ2v) is 10.1. The maximum Gasteiger partial charge on any atom is 0.341 e. The van der Waals surface area contributed by atoms with Gasteiger partial charge in [0.25, 0.3) is 0 Å². The van der Waals surface area contributed by atoms with E-state index in [0.717, 1.165) is 29.7 Å². The van der Waals surface area contributed by atoms with Crippen LogP contribution in [0.3, 0.4) is 0 Å². The number of aliphatic carboxylic acids is 1. The highest BCUT2D eigenvalue weighted by molar-refractivity contribution is 7.17. The Balaban J connectivity index is 1.90. The number of carbonyl (C=O) groups is 3. The predicted molar refractivity (Wildman–Crippen MR) is 112 cm³/mol. The molecule has 6 nitrogen and oxygen atoms in total. The summed E-state index contributed by atoms with van der Waals surface area (Å²) in [5, 5.41) is 12.8. The number of anilines is 1. The van der Waals surface area contributed by atoms with Gasteiger partial charge < -0.3 is 15.2 Å². The van der Waals surface area contributed by atoms with Crippen LogP contribution < -0.4 is 5.32 Å². The van der Waals surface area contributed by atoms with Gasteiger partial charge in [0.1, 0.15) is 5.00 Å². The Labute approximate surface area is 175 Å². The molecule has 2 aliphatic carbocycles. The van der Waals surface area contributed by atoms with Crippen molar-refractivity contribution >= 4 is 34.2 Å². The third-order valence-electron chi connectivity index (χ3n) is 6.20. The molecule has 2 aliphatic rings. The molecule has 158 valence electrons. The van der Waals surface area contributed by atoms with E-state index < -0.39 is 23.8 Å². The predicted octanol–water partition coefficient (Wildman–Crippen LogP) is 4.29. The SMILES string of the molecule is COC(=O)c1c(NC(=O)[C@@H]2CC=CC[C@@H]2C(=O)O)sc2c1CC[C@H](C(C)(C)C)C2. The Hall–Kier alpha value is -2.15. The lowest BCUT2D eigenvalue weighted by Crippen LogP contribution is -2.34. The number of methoxy groups -OCH3 is 1. The number of fused-ring (bicyclic) bond motifs is 1. The fourth-order valence-electron chi connectivity index (χ4n) is 4.31. The van der Waals surface area contributed by atoms with Crippen molar-refractivity contribution < 1.29 is 24.2 Å². The molecule has 0 saturated carbocycles. The summed E-state index contributed by atoms with van der Waals surface area (Å²) in [6, 6.07) is 0. The number of esters is 1. The monoisotopic (exact) mass is 419 g/mol. The van der Waals surface area contributed by atoms with Crippen LogP contribution in [0.15, 0.2) is 12.2 Å². The summed E-state index contributed by atoms with van der Waals surface area (Å²) in [5.41, 5.74) is 1.57. The van der Waals surface area contributed by atoms with Gasteiger partial charge in [-0.1, -0.05) is 32.9 Å². The lowest BCUT2D eigenvalue weighted by Gasteiger charge is -2.33. The molecule has 0 bridgehead atoms. The molecule has 0 fully saturated rings. The zero-order chi connectivity index (χ0) is 21.3. The number of carbonyl (C=O) groups excluding carboxylic acids is 2. The first-order chi connectivity index (χ1) is 13.6. The molecule has 2 N–H and O–H groups in total. The molecule has 7 heteroatoms. The zero-order valence-corrected chi connectivity index (χ0v) is 18.2. The van der Waals surface area contributed by atoms with Crippen molar-refractivity contribution in [3.05, 3.63) is 28.2 Å². The highest BCUT2D eigenvalue weighted by atomic mass is 32.1. The van der Waals surface area contributed by atoms with Gasteiger partial charge in [0, 0.05) is 4.88 Å². The van der Waals surface area contributed by atoms with E-state index in [-0.39, 0.29) is 11.3 Å². The lowest BCUT2D eigenvalue weighted by atomic mass is 9.72. The average molecular weight is 420 g/mol. The van der Waals surface area contributed by atoms with E-state index in [0.29, 0.717) is 29.3 Å². The van der Waals surface area contributed by atoms with Crippen molar-refractivity contribution in [1.82, 2.24) is 0 Å². The minimum atomic E-state index is -0.971. The van der Waals surface area contributed by atoms with Crippen LogP contribution in [0.25, 0.3) is 0 Å². The van der Waals surface area contributed by atoms with Crippen LogP contribution in [0.4, 0.5) is 5.00 Å². The van der Waals surface area contributed by atoms with Crippen molar-refractivity contribution in [2.24, 2.45) is 23.2 Å². The number of ether oxygens (including phenoxy) is 1. The molecule has 0 aromatic carbocycles. The van der Waals surface area contributed by atoms with Crippen LogP contribution in [0.2, 0.25) is 0 Å². The molecule has 3 rings (SSSR count). The number of amides is 1. The number of thiophene rings is 1. The van der Waals surface area contributed by atoms with Gasteiger partial charge in [-0.3, -0.25) is 9.59 Å². The normalized spacial score (nSPS) is 23.9. The molecule has 29 heavy (non-hydrogen) atoms. The molecule has 3 atom stereocenters. The summed E-state index contributed by atoms with van der Waals surface area (Å²) >= 11 is 1.43. The highest BCUT2D eigenvalue weighted by Gasteiger charge is 2.37. The van der Waals surface area contributed by atoms with Crippen LogP contribution in [-0.4, -0.2) is 30.1 Å². The molecular weight excluding hydrogens is 390 g/mol. The average Bonchev–Trinajstić information content (AvgIpc) is 3.03. The Morgan fingerprint density at radius 1 is 1.17 bits per heavy atom. The number of hydrogen-bond acceptors (Lipinski definition) is 5. The summed E-state index contributed by atoms with van der Waals surface area (Å²) in [6.07, 6.45) is 7.00. The molecule has 0 unspecified atom stereocenters. The summed E-state index contributed by atoms with van der Waals surface area (Å²) in [7, 11) is 1.34. The van der Waals surface area contributed by atoms with Gasteiger partial charge in [0.15, 0.2) is 0 Å². The molecule has 0 spiro atoms. The number of carboxylic acids is 1. The first kappa shape index (κ1) is 21.6. The van der Waals surface area contributed by atoms with E-state index in [2.05, 4.69) is 26.1 Å². The van der Waals surface area contributed by atoms with Gasteiger partial charge in [-0.2, -0.15) is 0 Å². The lowest BCUT2D eigenvalue weighted by molar-refractivity contribution is -0.146. The minimum Gasteiger partial charge on any atom is -0.481 e. The van der Waals surface area contributed by atoms with Gasteiger partial charge in [0.05, 0.1) is 24.5 Å². The van der Waals surface area contributed by atoms with Crippen LogP contribution in [-0.2, 0) is 27.2 Å². The second kappa shape index (κ2) is 8.30. The first-order valence-electron chi connectivity index (χ1n) is 10.0. The smallest absolute Gasteiger partial charge is 0.341 e. The molecule has 1 aromatic rings. The number of hydrogen-bond donors (Lipinski definition) is 2. The van der Waals surface area contributed by atoms with Gasteiger partial charge in [0.2, 0.25) is 5.91 Å². The second-order valence-electron chi connectivity index (χ2n) is 8.99. The quantitative estimate of drug-likeness (QED) is 0.561. The molecule has 0 aliphatic heterocycles. The molecular formula is C22H29NO5S. The highest BCUT2D eigenvalue weighted by Crippen LogP contribution is 2.44. The number of nitrogens with one attached hydrogen (secondary N) is 1. The Morgan fingerprint density at radius 2 is 1.83 bits per heavy atom. The summed E-state index contributed by atoms with van der Waals surface area (Å²) in [5.74, 6) is -2.67. The van der Waals surface area contributed by atoms with E-state index in [1.54, 1.807) is 6.08 Å². The molecule has 0 radical (unpaired) electrons. The van der Waals surface area contributed by atoms with E-state index >= 15 is 0 Å². The van der Waals surface area contributed by atoms with Crippen molar-refractivity contribution in [1.29, 1.82) is 0 Å². The van der Waals surface area contributed by atoms with Gasteiger partial charge >= 0.3 is 11.9 Å². The van der Waals surface area contributed by atoms with Crippen LogP contribution in [0.5, 0.6) is 0 Å². The maximum absolute atomic E-state index is 12.9. The zero-order valence-electron chi connectivity index (χ0n) is 17.4. The topological polar surface area (TPSA) is 92.7 Å². The van der Waals surface area contributed by atoms with E-state index in [9.17, 15) is 19.5 Å². The standard InChI is InChI=1S/C22H29NO5S/c1-22(2,3)12-9-10-15-16(11-12)29-19(17(15)21(27)28-4)23-18(24)13-7-5-6-8-14(13)20(25)26/h5-6,12-14H,7-11H2,1-4H3,(H,23,24)(H,25,26)/t12-,13+,14-/m0/s1. The molecule has 1 aromatic heterocycles. The summed E-state index contributed by atoms with van der Waals surface area (Å²) < 4.78 is 4.99. The third kappa shape index (κ3) is 4.39. The van der Waals surface area contributed by atoms with Gasteiger partial charge in [-0.25, -0.2) is 4.79 Å². The van der Waals surface area contributed by atoms with Crippen molar-refractivity contribution in [2.75, 3.05) is 12.4 Å². The Bertz CT molecular complexity index is 848. The summed E-state index contributed by atoms with van der Waals surface area (Å²) in [4.78, 5) is 38.1. The van der Waals surface area contributed by atoms with Crippen LogP contribution >= 0.6 is 11.3 Å². The Kier molecular flexibility index (Phi) is 6.17. The largest absolute Gasteiger partial charge is 0.481 e. The summed E-state index contributed by atoms with van der Waals surface area (Å²) in [6.45, 7) is 6.68. The number of allylic oxidation sites excluding steroid dienone is 2. The fourth-order valence-corrected chi connectivity index (χ4v) is 5.63. The van der Waals surface area contributed by atoms with E-state index in [1.807, 2.05) is 6.08 Å². The van der Waals surface area contributed by atoms with Crippen molar-refractivity contribution in [3.63, 3.8) is 0 Å². The van der Waals surface area contributed by atoms with E-state index in [1.165, 1.54) is 18.4 Å². The molecule has 1 amide bonds. The van der Waals surface area contributed by atoms with Crippen molar-refractivity contribution in [3.8, 4) is 0 Å². The molecule has 0 saturated heterocycles.